The number of rotatable bonds is 4. The van der Waals surface area contributed by atoms with E-state index in [0.29, 0.717) is 10.6 Å². The summed E-state index contributed by atoms with van der Waals surface area (Å²) >= 11 is 5.89. The van der Waals surface area contributed by atoms with Crippen LogP contribution in [0.15, 0.2) is 54.6 Å². The Morgan fingerprint density at radius 2 is 1.64 bits per heavy atom. The molecule has 0 spiro atoms. The molecule has 6 heteroatoms. The van der Waals surface area contributed by atoms with Gasteiger partial charge in [0.05, 0.1) is 23.1 Å². The summed E-state index contributed by atoms with van der Waals surface area (Å²) in [6.07, 6.45) is -1.09. The molecule has 114 valence electrons. The second-order valence-corrected chi connectivity index (χ2v) is 5.02. The van der Waals surface area contributed by atoms with Gasteiger partial charge >= 0.3 is 0 Å². The predicted molar refractivity (Wildman–Crippen MR) is 83.1 cm³/mol. The van der Waals surface area contributed by atoms with Gasteiger partial charge in [0.15, 0.2) is 0 Å². The van der Waals surface area contributed by atoms with Crippen LogP contribution in [-0.2, 0) is 4.79 Å². The summed E-state index contributed by atoms with van der Waals surface area (Å²) in [7, 11) is 0. The maximum atomic E-state index is 11.9. The maximum Gasteiger partial charge on any atom is 0.271 e. The van der Waals surface area contributed by atoms with Crippen molar-refractivity contribution in [2.45, 2.75) is 12.5 Å². The fourth-order valence-electron chi connectivity index (χ4n) is 1.86. The monoisotopic (exact) mass is 318 g/mol. The Morgan fingerprint density at radius 1 is 1.00 bits per heavy atom. The number of nitrogens with one attached hydrogen (secondary N) is 2. The SMILES string of the molecule is O=C(CC(O)c1ccccc1)NNC(=O)c1ccccc1Cl. The molecule has 0 aliphatic rings. The zero-order valence-corrected chi connectivity index (χ0v) is 12.4. The van der Waals surface area contributed by atoms with Crippen LogP contribution in [0, 0.1) is 0 Å². The third-order valence-corrected chi connectivity index (χ3v) is 3.33. The molecule has 5 nitrogen and oxygen atoms in total. The van der Waals surface area contributed by atoms with Gasteiger partial charge < -0.3 is 5.11 Å². The number of amides is 2. The standard InChI is InChI=1S/C16H15ClN2O3/c17-13-9-5-4-8-12(13)16(22)19-18-15(21)10-14(20)11-6-2-1-3-7-11/h1-9,14,20H,10H2,(H,18,21)(H,19,22). The second-order valence-electron chi connectivity index (χ2n) is 4.61. The van der Waals surface area contributed by atoms with E-state index >= 15 is 0 Å². The molecule has 0 aromatic heterocycles. The van der Waals surface area contributed by atoms with E-state index < -0.39 is 17.9 Å². The zero-order valence-electron chi connectivity index (χ0n) is 11.6. The van der Waals surface area contributed by atoms with Crippen molar-refractivity contribution in [1.29, 1.82) is 0 Å². The van der Waals surface area contributed by atoms with Crippen molar-refractivity contribution in [3.8, 4) is 0 Å². The molecule has 22 heavy (non-hydrogen) atoms. The lowest BCUT2D eigenvalue weighted by Gasteiger charge is -2.12. The lowest BCUT2D eigenvalue weighted by atomic mass is 10.1. The molecule has 0 bridgehead atoms. The van der Waals surface area contributed by atoms with Crippen molar-refractivity contribution in [3.63, 3.8) is 0 Å². The highest BCUT2D eigenvalue weighted by Gasteiger charge is 2.14. The summed E-state index contributed by atoms with van der Waals surface area (Å²) in [6, 6.07) is 15.3. The predicted octanol–water partition coefficient (Wildman–Crippen LogP) is 2.22. The normalized spacial score (nSPS) is 11.5. The number of hydrazine groups is 1. The molecular formula is C16H15ClN2O3. The zero-order chi connectivity index (χ0) is 15.9. The Morgan fingerprint density at radius 3 is 2.32 bits per heavy atom. The molecule has 0 aliphatic carbocycles. The van der Waals surface area contributed by atoms with Crippen molar-refractivity contribution in [2.24, 2.45) is 0 Å². The second kappa shape index (κ2) is 7.59. The number of hydrogen-bond acceptors (Lipinski definition) is 3. The molecule has 3 N–H and O–H groups in total. The van der Waals surface area contributed by atoms with Crippen LogP contribution in [0.5, 0.6) is 0 Å². The Hall–Kier alpha value is -2.37. The lowest BCUT2D eigenvalue weighted by Crippen LogP contribution is -2.42. The van der Waals surface area contributed by atoms with E-state index in [2.05, 4.69) is 10.9 Å². The minimum atomic E-state index is -0.932. The number of aliphatic hydroxyl groups excluding tert-OH is 1. The highest BCUT2D eigenvalue weighted by Crippen LogP contribution is 2.16. The molecule has 0 aliphatic heterocycles. The Balaban J connectivity index is 1.85. The van der Waals surface area contributed by atoms with Gasteiger partial charge in [0.25, 0.3) is 5.91 Å². The van der Waals surface area contributed by atoms with Crippen LogP contribution in [0.3, 0.4) is 0 Å². The number of hydrogen-bond donors (Lipinski definition) is 3. The van der Waals surface area contributed by atoms with Gasteiger partial charge in [0.1, 0.15) is 0 Å². The molecule has 2 rings (SSSR count). The van der Waals surface area contributed by atoms with Crippen molar-refractivity contribution < 1.29 is 14.7 Å². The maximum absolute atomic E-state index is 11.9. The molecule has 1 unspecified atom stereocenters. The third kappa shape index (κ3) is 4.31. The van der Waals surface area contributed by atoms with E-state index in [-0.39, 0.29) is 12.0 Å². The molecule has 0 fully saturated rings. The fourth-order valence-corrected chi connectivity index (χ4v) is 2.08. The third-order valence-electron chi connectivity index (χ3n) is 3.00. The van der Waals surface area contributed by atoms with Crippen LogP contribution < -0.4 is 10.9 Å². The first-order valence-corrected chi connectivity index (χ1v) is 7.02. The number of aliphatic hydroxyl groups is 1. The average molecular weight is 319 g/mol. The van der Waals surface area contributed by atoms with Crippen LogP contribution in [0.2, 0.25) is 5.02 Å². The van der Waals surface area contributed by atoms with Gasteiger partial charge in [-0.15, -0.1) is 0 Å². The number of carbonyl (C=O) groups is 2. The van der Waals surface area contributed by atoms with E-state index in [0.717, 1.165) is 0 Å². The Bertz CT molecular complexity index is 661. The average Bonchev–Trinajstić information content (AvgIpc) is 2.54. The van der Waals surface area contributed by atoms with Crippen LogP contribution in [-0.4, -0.2) is 16.9 Å². The highest BCUT2D eigenvalue weighted by atomic mass is 35.5. The van der Waals surface area contributed by atoms with E-state index in [9.17, 15) is 14.7 Å². The summed E-state index contributed by atoms with van der Waals surface area (Å²) in [4.78, 5) is 23.6. The van der Waals surface area contributed by atoms with Crippen LogP contribution in [0.1, 0.15) is 28.4 Å². The molecular weight excluding hydrogens is 304 g/mol. The fraction of sp³-hybridized carbons (Fsp3) is 0.125. The number of carbonyl (C=O) groups excluding carboxylic acids is 2. The molecule has 0 heterocycles. The molecule has 2 aromatic carbocycles. The van der Waals surface area contributed by atoms with E-state index in [1.807, 2.05) is 6.07 Å². The van der Waals surface area contributed by atoms with Crippen LogP contribution >= 0.6 is 11.6 Å². The first-order valence-electron chi connectivity index (χ1n) is 6.64. The van der Waals surface area contributed by atoms with Gasteiger partial charge in [-0.3, -0.25) is 20.4 Å². The number of halogens is 1. The first-order chi connectivity index (χ1) is 10.6. The lowest BCUT2D eigenvalue weighted by molar-refractivity contribution is -0.123. The summed E-state index contributed by atoms with van der Waals surface area (Å²) in [5, 5.41) is 10.2. The summed E-state index contributed by atoms with van der Waals surface area (Å²) in [5.41, 5.74) is 5.41. The Kier molecular flexibility index (Phi) is 5.52. The first kappa shape index (κ1) is 16.0. The smallest absolute Gasteiger partial charge is 0.271 e. The van der Waals surface area contributed by atoms with E-state index in [1.54, 1.807) is 48.5 Å². The van der Waals surface area contributed by atoms with Gasteiger partial charge in [-0.1, -0.05) is 54.1 Å². The van der Waals surface area contributed by atoms with E-state index in [4.69, 9.17) is 11.6 Å². The summed E-state index contributed by atoms with van der Waals surface area (Å²) in [5.74, 6) is -1.02. The molecule has 0 saturated carbocycles. The van der Waals surface area contributed by atoms with Gasteiger partial charge in [0, 0.05) is 0 Å². The van der Waals surface area contributed by atoms with Crippen LogP contribution in [0.25, 0.3) is 0 Å². The van der Waals surface area contributed by atoms with Gasteiger partial charge in [-0.2, -0.15) is 0 Å². The van der Waals surface area contributed by atoms with Gasteiger partial charge in [0.2, 0.25) is 5.91 Å². The Labute approximate surface area is 132 Å². The van der Waals surface area contributed by atoms with Crippen molar-refractivity contribution >= 4 is 23.4 Å². The van der Waals surface area contributed by atoms with Gasteiger partial charge in [-0.25, -0.2) is 0 Å². The van der Waals surface area contributed by atoms with Crippen molar-refractivity contribution in [3.05, 3.63) is 70.7 Å². The molecule has 0 saturated heterocycles. The van der Waals surface area contributed by atoms with Crippen molar-refractivity contribution in [2.75, 3.05) is 0 Å². The van der Waals surface area contributed by atoms with E-state index in [1.165, 1.54) is 0 Å². The largest absolute Gasteiger partial charge is 0.388 e. The number of benzene rings is 2. The molecule has 2 aromatic rings. The molecule has 0 radical (unpaired) electrons. The van der Waals surface area contributed by atoms with Gasteiger partial charge in [-0.05, 0) is 17.7 Å². The topological polar surface area (TPSA) is 78.4 Å². The minimum Gasteiger partial charge on any atom is -0.388 e. The minimum absolute atomic E-state index is 0.160. The quantitative estimate of drug-likeness (QED) is 0.756. The molecule has 2 amide bonds. The van der Waals surface area contributed by atoms with Crippen molar-refractivity contribution in [1.82, 2.24) is 10.9 Å². The summed E-state index contributed by atoms with van der Waals surface area (Å²) < 4.78 is 0. The highest BCUT2D eigenvalue weighted by molar-refractivity contribution is 6.33. The molecule has 1 atom stereocenters. The summed E-state index contributed by atoms with van der Waals surface area (Å²) in [6.45, 7) is 0. The van der Waals surface area contributed by atoms with Crippen LogP contribution in [0.4, 0.5) is 0 Å².